The number of ether oxygens (including phenoxy) is 2. The molecule has 1 fully saturated rings. The van der Waals surface area contributed by atoms with E-state index in [1.165, 1.54) is 16.4 Å². The van der Waals surface area contributed by atoms with E-state index in [-0.39, 0.29) is 18.0 Å². The van der Waals surface area contributed by atoms with E-state index in [0.717, 1.165) is 4.47 Å². The van der Waals surface area contributed by atoms with Crippen LogP contribution in [0, 0.1) is 6.92 Å². The Labute approximate surface area is 183 Å². The highest BCUT2D eigenvalue weighted by Gasteiger charge is 2.27. The van der Waals surface area contributed by atoms with Crippen molar-refractivity contribution in [2.45, 2.75) is 11.8 Å². The average Bonchev–Trinajstić information content (AvgIpc) is 2.74. The number of esters is 1. The predicted molar refractivity (Wildman–Crippen MR) is 114 cm³/mol. The fourth-order valence-electron chi connectivity index (χ4n) is 2.85. The molecule has 2 aromatic carbocycles. The number of carbonyl (C=O) groups excluding carboxylic acids is 2. The summed E-state index contributed by atoms with van der Waals surface area (Å²) in [6.07, 6.45) is 0. The Morgan fingerprint density at radius 3 is 2.60 bits per heavy atom. The van der Waals surface area contributed by atoms with Crippen molar-refractivity contribution in [3.63, 3.8) is 0 Å². The molecule has 0 unspecified atom stereocenters. The molecule has 160 valence electrons. The van der Waals surface area contributed by atoms with E-state index in [0.29, 0.717) is 30.0 Å². The van der Waals surface area contributed by atoms with E-state index >= 15 is 0 Å². The zero-order chi connectivity index (χ0) is 21.7. The van der Waals surface area contributed by atoms with Crippen molar-refractivity contribution in [1.29, 1.82) is 0 Å². The van der Waals surface area contributed by atoms with Gasteiger partial charge in [0.1, 0.15) is 0 Å². The predicted octanol–water partition coefficient (Wildman–Crippen LogP) is 2.57. The Morgan fingerprint density at radius 1 is 1.17 bits per heavy atom. The Morgan fingerprint density at radius 2 is 1.90 bits per heavy atom. The van der Waals surface area contributed by atoms with E-state index in [1.54, 1.807) is 37.3 Å². The van der Waals surface area contributed by atoms with Gasteiger partial charge in [0.25, 0.3) is 5.91 Å². The van der Waals surface area contributed by atoms with Crippen molar-refractivity contribution in [2.75, 3.05) is 38.2 Å². The fraction of sp³-hybridized carbons (Fsp3) is 0.300. The molecular formula is C20H21BrN2O6S. The number of anilines is 1. The van der Waals surface area contributed by atoms with E-state index in [9.17, 15) is 18.0 Å². The lowest BCUT2D eigenvalue weighted by atomic mass is 10.2. The third-order valence-electron chi connectivity index (χ3n) is 4.49. The first kappa shape index (κ1) is 22.4. The molecule has 0 bridgehead atoms. The van der Waals surface area contributed by atoms with Gasteiger partial charge in [-0.05, 0) is 42.8 Å². The molecule has 0 atom stereocenters. The lowest BCUT2D eigenvalue weighted by Gasteiger charge is -2.26. The van der Waals surface area contributed by atoms with Crippen LogP contribution in [-0.4, -0.2) is 57.5 Å². The molecule has 1 amide bonds. The molecular weight excluding hydrogens is 476 g/mol. The average molecular weight is 497 g/mol. The van der Waals surface area contributed by atoms with Crippen molar-refractivity contribution in [3.8, 4) is 0 Å². The summed E-state index contributed by atoms with van der Waals surface area (Å²) in [5.41, 5.74) is 1.34. The molecule has 0 saturated carbocycles. The lowest BCUT2D eigenvalue weighted by molar-refractivity contribution is -0.119. The number of benzene rings is 2. The molecule has 1 saturated heterocycles. The highest BCUT2D eigenvalue weighted by molar-refractivity contribution is 9.10. The SMILES string of the molecule is Cc1ccc(S(=O)(=O)N2CCOCC2)cc1NC(=O)COC(=O)c1cccc(Br)c1. The normalized spacial score (nSPS) is 14.9. The summed E-state index contributed by atoms with van der Waals surface area (Å²) in [6, 6.07) is 11.2. The van der Waals surface area contributed by atoms with Crippen molar-refractivity contribution in [2.24, 2.45) is 0 Å². The van der Waals surface area contributed by atoms with Gasteiger partial charge in [-0.25, -0.2) is 13.2 Å². The van der Waals surface area contributed by atoms with E-state index in [4.69, 9.17) is 9.47 Å². The fourth-order valence-corrected chi connectivity index (χ4v) is 4.68. The van der Waals surface area contributed by atoms with Crippen LogP contribution >= 0.6 is 15.9 Å². The van der Waals surface area contributed by atoms with Crippen LogP contribution in [0.4, 0.5) is 5.69 Å². The Bertz CT molecular complexity index is 1050. The number of hydrogen-bond acceptors (Lipinski definition) is 6. The maximum atomic E-state index is 12.8. The number of halogens is 1. The minimum atomic E-state index is -3.69. The van der Waals surface area contributed by atoms with E-state index in [1.807, 2.05) is 0 Å². The maximum Gasteiger partial charge on any atom is 0.338 e. The van der Waals surface area contributed by atoms with Crippen LogP contribution in [0.2, 0.25) is 0 Å². The molecule has 1 N–H and O–H groups in total. The summed E-state index contributed by atoms with van der Waals surface area (Å²) in [4.78, 5) is 24.4. The van der Waals surface area contributed by atoms with Gasteiger partial charge in [-0.1, -0.05) is 28.1 Å². The van der Waals surface area contributed by atoms with Crippen LogP contribution < -0.4 is 5.32 Å². The number of nitrogens with one attached hydrogen (secondary N) is 1. The van der Waals surface area contributed by atoms with Gasteiger partial charge in [-0.15, -0.1) is 0 Å². The van der Waals surface area contributed by atoms with Gasteiger partial charge in [-0.2, -0.15) is 4.31 Å². The van der Waals surface area contributed by atoms with Crippen LogP contribution in [-0.2, 0) is 24.3 Å². The van der Waals surface area contributed by atoms with Gasteiger partial charge in [0.05, 0.1) is 23.7 Å². The lowest BCUT2D eigenvalue weighted by Crippen LogP contribution is -2.40. The number of carbonyl (C=O) groups is 2. The second kappa shape index (κ2) is 9.69. The minimum Gasteiger partial charge on any atom is -0.452 e. The van der Waals surface area contributed by atoms with Gasteiger partial charge in [0.2, 0.25) is 10.0 Å². The summed E-state index contributed by atoms with van der Waals surface area (Å²) in [5.74, 6) is -1.20. The van der Waals surface area contributed by atoms with Crippen LogP contribution in [0.1, 0.15) is 15.9 Å². The molecule has 10 heteroatoms. The Hall–Kier alpha value is -2.27. The number of nitrogens with zero attached hydrogens (tertiary/aromatic N) is 1. The summed E-state index contributed by atoms with van der Waals surface area (Å²) < 4.78 is 38.0. The summed E-state index contributed by atoms with van der Waals surface area (Å²) in [7, 11) is -3.69. The maximum absolute atomic E-state index is 12.8. The number of rotatable bonds is 6. The second-order valence-corrected chi connectivity index (χ2v) is 9.48. The van der Waals surface area contributed by atoms with Crippen molar-refractivity contribution in [1.82, 2.24) is 4.31 Å². The number of hydrogen-bond donors (Lipinski definition) is 1. The third kappa shape index (κ3) is 5.45. The number of aryl methyl sites for hydroxylation is 1. The highest BCUT2D eigenvalue weighted by Crippen LogP contribution is 2.23. The van der Waals surface area contributed by atoms with Crippen LogP contribution in [0.5, 0.6) is 0 Å². The molecule has 0 radical (unpaired) electrons. The number of amides is 1. The largest absolute Gasteiger partial charge is 0.452 e. The second-order valence-electron chi connectivity index (χ2n) is 6.63. The van der Waals surface area contributed by atoms with Crippen molar-refractivity contribution >= 4 is 43.5 Å². The molecule has 2 aromatic rings. The zero-order valence-corrected chi connectivity index (χ0v) is 18.7. The molecule has 0 aliphatic carbocycles. The number of sulfonamides is 1. The molecule has 1 aliphatic heterocycles. The highest BCUT2D eigenvalue weighted by atomic mass is 79.9. The Balaban J connectivity index is 1.66. The molecule has 3 rings (SSSR count). The monoisotopic (exact) mass is 496 g/mol. The van der Waals surface area contributed by atoms with E-state index < -0.39 is 28.5 Å². The standard InChI is InChI=1S/C20H21BrN2O6S/c1-14-5-6-17(30(26,27)23-7-9-28-10-8-23)12-18(14)22-19(24)13-29-20(25)15-3-2-4-16(21)11-15/h2-6,11-12H,7-10,13H2,1H3,(H,22,24). The van der Waals surface area contributed by atoms with Gasteiger partial charge >= 0.3 is 5.97 Å². The molecule has 1 aliphatic rings. The first-order valence-electron chi connectivity index (χ1n) is 9.18. The van der Waals surface area contributed by atoms with Crippen LogP contribution in [0.15, 0.2) is 51.8 Å². The summed E-state index contributed by atoms with van der Waals surface area (Å²) in [6.45, 7) is 2.50. The first-order chi connectivity index (χ1) is 14.3. The van der Waals surface area contributed by atoms with Gasteiger partial charge < -0.3 is 14.8 Å². The molecule has 0 aromatic heterocycles. The van der Waals surface area contributed by atoms with Gasteiger partial charge in [0, 0.05) is 23.2 Å². The third-order valence-corrected chi connectivity index (χ3v) is 6.87. The quantitative estimate of drug-likeness (QED) is 0.616. The van der Waals surface area contributed by atoms with Gasteiger partial charge in [0.15, 0.2) is 6.61 Å². The summed E-state index contributed by atoms with van der Waals surface area (Å²) in [5, 5.41) is 2.61. The van der Waals surface area contributed by atoms with Crippen molar-refractivity contribution in [3.05, 3.63) is 58.1 Å². The molecule has 8 nitrogen and oxygen atoms in total. The minimum absolute atomic E-state index is 0.0800. The van der Waals surface area contributed by atoms with Crippen LogP contribution in [0.25, 0.3) is 0 Å². The van der Waals surface area contributed by atoms with E-state index in [2.05, 4.69) is 21.2 Å². The summed E-state index contributed by atoms with van der Waals surface area (Å²) >= 11 is 3.27. The molecule has 30 heavy (non-hydrogen) atoms. The van der Waals surface area contributed by atoms with Gasteiger partial charge in [-0.3, -0.25) is 4.79 Å². The first-order valence-corrected chi connectivity index (χ1v) is 11.4. The molecule has 1 heterocycles. The van der Waals surface area contributed by atoms with Crippen LogP contribution in [0.3, 0.4) is 0 Å². The Kier molecular flexibility index (Phi) is 7.24. The topological polar surface area (TPSA) is 102 Å². The molecule has 0 spiro atoms. The van der Waals surface area contributed by atoms with Crippen molar-refractivity contribution < 1.29 is 27.5 Å². The number of morpholine rings is 1. The zero-order valence-electron chi connectivity index (χ0n) is 16.3. The smallest absolute Gasteiger partial charge is 0.338 e.